The maximum atomic E-state index is 14.2. The van der Waals surface area contributed by atoms with Crippen LogP contribution in [0.25, 0.3) is 0 Å². The molecule has 2 rings (SSSR count). The van der Waals surface area contributed by atoms with Crippen LogP contribution in [-0.2, 0) is 6.54 Å². The molecule has 0 bridgehead atoms. The molecule has 0 saturated heterocycles. The largest absolute Gasteiger partial charge is 0.364 e. The van der Waals surface area contributed by atoms with Crippen molar-refractivity contribution in [3.63, 3.8) is 0 Å². The second kappa shape index (κ2) is 6.17. The quantitative estimate of drug-likeness (QED) is 0.897. The molecule has 0 saturated carbocycles. The minimum absolute atomic E-state index is 0.143. The summed E-state index contributed by atoms with van der Waals surface area (Å²) >= 11 is 1.69. The van der Waals surface area contributed by atoms with Crippen molar-refractivity contribution in [1.29, 1.82) is 0 Å². The molecule has 0 amide bonds. The van der Waals surface area contributed by atoms with Crippen LogP contribution in [0.2, 0.25) is 0 Å². The zero-order chi connectivity index (χ0) is 13.8. The summed E-state index contributed by atoms with van der Waals surface area (Å²) in [4.78, 5) is 3.27. The Balaban J connectivity index is 2.23. The van der Waals surface area contributed by atoms with Crippen LogP contribution in [0.1, 0.15) is 30.3 Å². The molecule has 0 aliphatic rings. The number of benzene rings is 1. The van der Waals surface area contributed by atoms with Crippen molar-refractivity contribution in [2.45, 2.75) is 26.4 Å². The number of halogens is 1. The first-order valence-electron chi connectivity index (χ1n) is 6.44. The molecule has 0 radical (unpaired) electrons. The molecule has 102 valence electrons. The second-order valence-electron chi connectivity index (χ2n) is 4.59. The molecule has 1 aromatic heterocycles. The van der Waals surface area contributed by atoms with Crippen molar-refractivity contribution in [3.8, 4) is 0 Å². The van der Waals surface area contributed by atoms with E-state index < -0.39 is 0 Å². The molecule has 0 aliphatic heterocycles. The van der Waals surface area contributed by atoms with Gasteiger partial charge in [0.25, 0.3) is 0 Å². The first-order chi connectivity index (χ1) is 9.11. The first kappa shape index (κ1) is 14.0. The molecule has 1 aromatic carbocycles. The zero-order valence-electron chi connectivity index (χ0n) is 11.3. The Morgan fingerprint density at radius 1 is 1.37 bits per heavy atom. The predicted molar refractivity (Wildman–Crippen MR) is 80.0 cm³/mol. The lowest BCUT2D eigenvalue weighted by Gasteiger charge is -2.23. The van der Waals surface area contributed by atoms with Crippen LogP contribution in [0.15, 0.2) is 35.7 Å². The van der Waals surface area contributed by atoms with E-state index in [0.29, 0.717) is 5.69 Å². The fraction of sp³-hybridized carbons (Fsp3) is 0.333. The molecule has 19 heavy (non-hydrogen) atoms. The van der Waals surface area contributed by atoms with Gasteiger partial charge in [-0.1, -0.05) is 12.1 Å². The third-order valence-corrected chi connectivity index (χ3v) is 4.01. The fourth-order valence-corrected chi connectivity index (χ4v) is 2.74. The van der Waals surface area contributed by atoms with E-state index in [9.17, 15) is 4.39 Å². The summed E-state index contributed by atoms with van der Waals surface area (Å²) in [5.41, 5.74) is 7.24. The predicted octanol–water partition coefficient (Wildman–Crippen LogP) is 3.93. The number of rotatable bonds is 5. The molecule has 0 spiro atoms. The molecular weight excluding hydrogens is 259 g/mol. The highest BCUT2D eigenvalue weighted by molar-refractivity contribution is 7.09. The van der Waals surface area contributed by atoms with Gasteiger partial charge in [0.05, 0.1) is 12.2 Å². The summed E-state index contributed by atoms with van der Waals surface area (Å²) in [5.74, 6) is -0.201. The normalized spacial score (nSPS) is 12.4. The van der Waals surface area contributed by atoms with E-state index in [1.165, 1.54) is 10.9 Å². The SMILES string of the molecule is CCN(Cc1cccs1)c1ccc([C@@H](C)N)cc1F. The van der Waals surface area contributed by atoms with Gasteiger partial charge in [0.15, 0.2) is 0 Å². The van der Waals surface area contributed by atoms with Gasteiger partial charge in [-0.2, -0.15) is 0 Å². The lowest BCUT2D eigenvalue weighted by molar-refractivity contribution is 0.613. The van der Waals surface area contributed by atoms with Crippen molar-refractivity contribution in [3.05, 3.63) is 52.0 Å². The van der Waals surface area contributed by atoms with E-state index in [0.717, 1.165) is 18.7 Å². The molecule has 2 aromatic rings. The Kier molecular flexibility index (Phi) is 4.56. The minimum Gasteiger partial charge on any atom is -0.364 e. The molecule has 0 unspecified atom stereocenters. The van der Waals surface area contributed by atoms with Gasteiger partial charge < -0.3 is 10.6 Å². The average Bonchev–Trinajstić information content (AvgIpc) is 2.89. The van der Waals surface area contributed by atoms with Crippen LogP contribution in [0.3, 0.4) is 0 Å². The molecule has 1 heterocycles. The summed E-state index contributed by atoms with van der Waals surface area (Å²) < 4.78 is 14.2. The van der Waals surface area contributed by atoms with Gasteiger partial charge in [-0.05, 0) is 43.0 Å². The van der Waals surface area contributed by atoms with E-state index in [2.05, 4.69) is 6.07 Å². The Hall–Kier alpha value is -1.39. The van der Waals surface area contributed by atoms with E-state index in [4.69, 9.17) is 5.73 Å². The monoisotopic (exact) mass is 278 g/mol. The molecule has 2 nitrogen and oxygen atoms in total. The van der Waals surface area contributed by atoms with Gasteiger partial charge in [0, 0.05) is 17.5 Å². The topological polar surface area (TPSA) is 29.3 Å². The van der Waals surface area contributed by atoms with E-state index in [1.54, 1.807) is 11.3 Å². The average molecular weight is 278 g/mol. The van der Waals surface area contributed by atoms with Crippen LogP contribution in [0.4, 0.5) is 10.1 Å². The summed E-state index contributed by atoms with van der Waals surface area (Å²) in [6, 6.07) is 9.21. The lowest BCUT2D eigenvalue weighted by atomic mass is 10.1. The fourth-order valence-electron chi connectivity index (χ4n) is 2.02. The van der Waals surface area contributed by atoms with Crippen molar-refractivity contribution in [2.75, 3.05) is 11.4 Å². The van der Waals surface area contributed by atoms with Crippen molar-refractivity contribution < 1.29 is 4.39 Å². The van der Waals surface area contributed by atoms with Crippen molar-refractivity contribution >= 4 is 17.0 Å². The number of nitrogens with two attached hydrogens (primary N) is 1. The lowest BCUT2D eigenvalue weighted by Crippen LogP contribution is -2.22. The van der Waals surface area contributed by atoms with Crippen LogP contribution >= 0.6 is 11.3 Å². The van der Waals surface area contributed by atoms with Gasteiger partial charge in [-0.3, -0.25) is 0 Å². The maximum absolute atomic E-state index is 14.2. The number of hydrogen-bond acceptors (Lipinski definition) is 3. The molecular formula is C15H19FN2S. The Bertz CT molecular complexity index is 523. The molecule has 0 aliphatic carbocycles. The van der Waals surface area contributed by atoms with E-state index in [-0.39, 0.29) is 11.9 Å². The van der Waals surface area contributed by atoms with Gasteiger partial charge in [-0.15, -0.1) is 11.3 Å². The first-order valence-corrected chi connectivity index (χ1v) is 7.32. The molecule has 1 atom stereocenters. The van der Waals surface area contributed by atoms with Crippen LogP contribution in [0.5, 0.6) is 0 Å². The number of nitrogens with zero attached hydrogens (tertiary/aromatic N) is 1. The van der Waals surface area contributed by atoms with Gasteiger partial charge >= 0.3 is 0 Å². The van der Waals surface area contributed by atoms with E-state index in [1.807, 2.05) is 42.3 Å². The minimum atomic E-state index is -0.201. The Labute approximate surface area is 117 Å². The highest BCUT2D eigenvalue weighted by Crippen LogP contribution is 2.25. The summed E-state index contributed by atoms with van der Waals surface area (Å²) in [6.45, 7) is 5.40. The van der Waals surface area contributed by atoms with Crippen LogP contribution in [0, 0.1) is 5.82 Å². The van der Waals surface area contributed by atoms with Crippen LogP contribution in [-0.4, -0.2) is 6.54 Å². The number of thiophene rings is 1. The third kappa shape index (κ3) is 3.33. The van der Waals surface area contributed by atoms with E-state index >= 15 is 0 Å². The van der Waals surface area contributed by atoms with Crippen molar-refractivity contribution in [1.82, 2.24) is 0 Å². The molecule has 4 heteroatoms. The highest BCUT2D eigenvalue weighted by atomic mass is 32.1. The van der Waals surface area contributed by atoms with Gasteiger partial charge in [-0.25, -0.2) is 4.39 Å². The maximum Gasteiger partial charge on any atom is 0.146 e. The molecule has 2 N–H and O–H groups in total. The van der Waals surface area contributed by atoms with Gasteiger partial charge in [0.1, 0.15) is 5.82 Å². The smallest absolute Gasteiger partial charge is 0.146 e. The molecule has 0 fully saturated rings. The van der Waals surface area contributed by atoms with Crippen LogP contribution < -0.4 is 10.6 Å². The Morgan fingerprint density at radius 3 is 2.68 bits per heavy atom. The highest BCUT2D eigenvalue weighted by Gasteiger charge is 2.12. The third-order valence-electron chi connectivity index (χ3n) is 3.15. The summed E-state index contributed by atoms with van der Waals surface area (Å²) in [5, 5.41) is 2.04. The van der Waals surface area contributed by atoms with Gasteiger partial charge in [0.2, 0.25) is 0 Å². The summed E-state index contributed by atoms with van der Waals surface area (Å²) in [6.07, 6.45) is 0. The van der Waals surface area contributed by atoms with Crippen molar-refractivity contribution in [2.24, 2.45) is 5.73 Å². The standard InChI is InChI=1S/C15H19FN2S/c1-3-18(10-13-5-4-8-19-13)15-7-6-12(11(2)17)9-14(15)16/h4-9,11H,3,10,17H2,1-2H3/t11-/m1/s1. The number of anilines is 1. The second-order valence-corrected chi connectivity index (χ2v) is 5.63. The number of hydrogen-bond donors (Lipinski definition) is 1. The zero-order valence-corrected chi connectivity index (χ0v) is 12.1. The Morgan fingerprint density at radius 2 is 2.16 bits per heavy atom. The summed E-state index contributed by atoms with van der Waals surface area (Å²) in [7, 11) is 0.